The molecule has 1 unspecified atom stereocenters. The monoisotopic (exact) mass is 363 g/mol. The van der Waals surface area contributed by atoms with E-state index in [0.717, 1.165) is 0 Å². The van der Waals surface area contributed by atoms with E-state index in [0.29, 0.717) is 5.02 Å². The molecule has 9 heteroatoms. The molecule has 3 N–H and O–H groups in total. The average molecular weight is 364 g/mol. The number of benzene rings is 2. The maximum Gasteiger partial charge on any atom is 0.341 e. The van der Waals surface area contributed by atoms with Gasteiger partial charge in [-0.2, -0.15) is 0 Å². The van der Waals surface area contributed by atoms with Gasteiger partial charge in [-0.25, -0.2) is 4.79 Å². The first kappa shape index (κ1) is 18.2. The molecule has 8 nitrogen and oxygen atoms in total. The van der Waals surface area contributed by atoms with E-state index in [1.165, 1.54) is 49.4 Å². The third kappa shape index (κ3) is 4.67. The standard InChI is InChI=1S/C16H14ClN3O5/c1-9(25-16(22)13-6-5-10(17)7-14(13)18)15(21)19-11-3-2-4-12(8-11)20(23)24/h2-9H,18H2,1H3,(H,19,21). The number of nitrogens with zero attached hydrogens (tertiary/aromatic N) is 1. The minimum atomic E-state index is -1.14. The summed E-state index contributed by atoms with van der Waals surface area (Å²) in [6, 6.07) is 9.67. The predicted molar refractivity (Wildman–Crippen MR) is 92.5 cm³/mol. The van der Waals surface area contributed by atoms with Crippen LogP contribution in [0.4, 0.5) is 17.1 Å². The average Bonchev–Trinajstić information content (AvgIpc) is 2.54. The smallest absolute Gasteiger partial charge is 0.341 e. The van der Waals surface area contributed by atoms with Gasteiger partial charge in [-0.3, -0.25) is 14.9 Å². The molecule has 0 saturated carbocycles. The van der Waals surface area contributed by atoms with Crippen LogP contribution in [0.3, 0.4) is 0 Å². The highest BCUT2D eigenvalue weighted by Crippen LogP contribution is 2.20. The maximum atomic E-state index is 12.1. The zero-order valence-corrected chi connectivity index (χ0v) is 13.8. The Balaban J connectivity index is 2.03. The van der Waals surface area contributed by atoms with Gasteiger partial charge in [0.1, 0.15) is 0 Å². The molecule has 0 spiro atoms. The van der Waals surface area contributed by atoms with Crippen LogP contribution in [0.15, 0.2) is 42.5 Å². The maximum absolute atomic E-state index is 12.1. The molecule has 0 aliphatic heterocycles. The van der Waals surface area contributed by atoms with Crippen molar-refractivity contribution in [2.45, 2.75) is 13.0 Å². The number of nitro benzene ring substituents is 1. The third-order valence-corrected chi connectivity index (χ3v) is 3.45. The van der Waals surface area contributed by atoms with Crippen molar-refractivity contribution in [2.24, 2.45) is 0 Å². The number of nitrogens with two attached hydrogens (primary N) is 1. The summed E-state index contributed by atoms with van der Waals surface area (Å²) < 4.78 is 5.06. The minimum absolute atomic E-state index is 0.0828. The van der Waals surface area contributed by atoms with E-state index in [9.17, 15) is 19.7 Å². The number of carbonyl (C=O) groups is 2. The van der Waals surface area contributed by atoms with Crippen LogP contribution in [0, 0.1) is 10.1 Å². The Hall–Kier alpha value is -3.13. The molecule has 0 aliphatic rings. The summed E-state index contributed by atoms with van der Waals surface area (Å²) in [4.78, 5) is 34.3. The van der Waals surface area contributed by atoms with Gasteiger partial charge in [0, 0.05) is 28.5 Å². The van der Waals surface area contributed by atoms with Gasteiger partial charge < -0.3 is 15.8 Å². The Morgan fingerprint density at radius 1 is 1.28 bits per heavy atom. The van der Waals surface area contributed by atoms with Crippen LogP contribution in [0.5, 0.6) is 0 Å². The Morgan fingerprint density at radius 2 is 2.00 bits per heavy atom. The van der Waals surface area contributed by atoms with Crippen LogP contribution in [-0.4, -0.2) is 22.9 Å². The molecule has 0 aliphatic carbocycles. The van der Waals surface area contributed by atoms with Crippen molar-refractivity contribution in [3.63, 3.8) is 0 Å². The second kappa shape index (κ2) is 7.63. The molecular weight excluding hydrogens is 350 g/mol. The number of non-ortho nitro benzene ring substituents is 1. The van der Waals surface area contributed by atoms with Crippen molar-refractivity contribution in [1.29, 1.82) is 0 Å². The SMILES string of the molecule is CC(OC(=O)c1ccc(Cl)cc1N)C(=O)Nc1cccc([N+](=O)[O-])c1. The van der Waals surface area contributed by atoms with E-state index >= 15 is 0 Å². The van der Waals surface area contributed by atoms with Crippen LogP contribution in [0.25, 0.3) is 0 Å². The summed E-state index contributed by atoms with van der Waals surface area (Å²) in [7, 11) is 0. The third-order valence-electron chi connectivity index (χ3n) is 3.21. The molecule has 1 amide bonds. The van der Waals surface area contributed by atoms with E-state index in [-0.39, 0.29) is 22.6 Å². The van der Waals surface area contributed by atoms with E-state index < -0.39 is 22.9 Å². The summed E-state index contributed by atoms with van der Waals surface area (Å²) in [5.74, 6) is -1.42. The molecular formula is C16H14ClN3O5. The van der Waals surface area contributed by atoms with E-state index in [2.05, 4.69) is 5.32 Å². The number of nitro groups is 1. The first-order valence-electron chi connectivity index (χ1n) is 7.09. The zero-order valence-electron chi connectivity index (χ0n) is 13.1. The lowest BCUT2D eigenvalue weighted by molar-refractivity contribution is -0.384. The van der Waals surface area contributed by atoms with Crippen molar-refractivity contribution in [2.75, 3.05) is 11.1 Å². The molecule has 0 bridgehead atoms. The van der Waals surface area contributed by atoms with Gasteiger partial charge in [-0.05, 0) is 31.2 Å². The molecule has 2 rings (SSSR count). The summed E-state index contributed by atoms with van der Waals surface area (Å²) >= 11 is 5.76. The normalized spacial score (nSPS) is 11.4. The molecule has 0 radical (unpaired) electrons. The molecule has 0 saturated heterocycles. The number of nitrogens with one attached hydrogen (secondary N) is 1. The second-order valence-electron chi connectivity index (χ2n) is 5.08. The summed E-state index contributed by atoms with van der Waals surface area (Å²) in [5.41, 5.74) is 5.95. The quantitative estimate of drug-likeness (QED) is 0.364. The fourth-order valence-corrected chi connectivity index (χ4v) is 2.12. The van der Waals surface area contributed by atoms with Gasteiger partial charge >= 0.3 is 5.97 Å². The largest absolute Gasteiger partial charge is 0.449 e. The van der Waals surface area contributed by atoms with Gasteiger partial charge in [0.2, 0.25) is 0 Å². The van der Waals surface area contributed by atoms with E-state index in [4.69, 9.17) is 22.1 Å². The highest BCUT2D eigenvalue weighted by Gasteiger charge is 2.21. The second-order valence-corrected chi connectivity index (χ2v) is 5.51. The molecule has 2 aromatic carbocycles. The zero-order chi connectivity index (χ0) is 18.6. The Bertz CT molecular complexity index is 840. The lowest BCUT2D eigenvalue weighted by Crippen LogP contribution is -2.30. The highest BCUT2D eigenvalue weighted by molar-refractivity contribution is 6.31. The lowest BCUT2D eigenvalue weighted by atomic mass is 10.2. The van der Waals surface area contributed by atoms with Crippen LogP contribution in [0.1, 0.15) is 17.3 Å². The number of carbonyl (C=O) groups excluding carboxylic acids is 2. The van der Waals surface area contributed by atoms with Crippen LogP contribution in [-0.2, 0) is 9.53 Å². The van der Waals surface area contributed by atoms with Gasteiger partial charge in [0.25, 0.3) is 11.6 Å². The molecule has 25 heavy (non-hydrogen) atoms. The fourth-order valence-electron chi connectivity index (χ4n) is 1.94. The first-order chi connectivity index (χ1) is 11.8. The number of ether oxygens (including phenoxy) is 1. The number of hydrogen-bond donors (Lipinski definition) is 2. The van der Waals surface area contributed by atoms with Gasteiger partial charge in [-0.15, -0.1) is 0 Å². The van der Waals surface area contributed by atoms with Gasteiger partial charge in [-0.1, -0.05) is 17.7 Å². The van der Waals surface area contributed by atoms with Crippen LogP contribution in [0.2, 0.25) is 5.02 Å². The van der Waals surface area contributed by atoms with Crippen LogP contribution < -0.4 is 11.1 Å². The molecule has 0 fully saturated rings. The molecule has 1 atom stereocenters. The Labute approximate surface area is 147 Å². The predicted octanol–water partition coefficient (Wildman–Crippen LogP) is 3.01. The summed E-state index contributed by atoms with van der Waals surface area (Å²) in [5, 5.41) is 13.5. The molecule has 130 valence electrons. The van der Waals surface area contributed by atoms with Gasteiger partial charge in [0.15, 0.2) is 6.10 Å². The summed E-state index contributed by atoms with van der Waals surface area (Å²) in [6.07, 6.45) is -1.14. The highest BCUT2D eigenvalue weighted by atomic mass is 35.5. The van der Waals surface area contributed by atoms with Gasteiger partial charge in [0.05, 0.1) is 10.5 Å². The van der Waals surface area contributed by atoms with Crippen molar-refractivity contribution in [3.05, 3.63) is 63.2 Å². The van der Waals surface area contributed by atoms with E-state index in [1.807, 2.05) is 0 Å². The number of hydrogen-bond acceptors (Lipinski definition) is 6. The Morgan fingerprint density at radius 3 is 2.64 bits per heavy atom. The fraction of sp³-hybridized carbons (Fsp3) is 0.125. The van der Waals surface area contributed by atoms with Crippen molar-refractivity contribution < 1.29 is 19.2 Å². The lowest BCUT2D eigenvalue weighted by Gasteiger charge is -2.14. The van der Waals surface area contributed by atoms with E-state index in [1.54, 1.807) is 0 Å². The summed E-state index contributed by atoms with van der Waals surface area (Å²) in [6.45, 7) is 1.37. The molecule has 0 heterocycles. The minimum Gasteiger partial charge on any atom is -0.449 e. The topological polar surface area (TPSA) is 125 Å². The number of halogens is 1. The first-order valence-corrected chi connectivity index (χ1v) is 7.47. The molecule has 0 aromatic heterocycles. The number of nitrogen functional groups attached to an aromatic ring is 1. The number of anilines is 2. The van der Waals surface area contributed by atoms with Crippen LogP contribution >= 0.6 is 11.6 Å². The molecule has 2 aromatic rings. The number of amides is 1. The number of rotatable bonds is 5. The number of esters is 1. The van der Waals surface area contributed by atoms with Crippen molar-refractivity contribution in [1.82, 2.24) is 0 Å². The van der Waals surface area contributed by atoms with Crippen molar-refractivity contribution in [3.8, 4) is 0 Å². The Kier molecular flexibility index (Phi) is 5.56. The van der Waals surface area contributed by atoms with Crippen molar-refractivity contribution >= 4 is 40.5 Å².